The highest BCUT2D eigenvalue weighted by molar-refractivity contribution is 6.01. The first kappa shape index (κ1) is 18.9. The number of likely N-dealkylation sites (N-methyl/N-ethyl adjacent to an activating group) is 1. The Bertz CT molecular complexity index is 1040. The van der Waals surface area contributed by atoms with Gasteiger partial charge in [-0.2, -0.15) is 5.10 Å². The zero-order valence-electron chi connectivity index (χ0n) is 16.8. The molecule has 1 aliphatic rings. The van der Waals surface area contributed by atoms with Gasteiger partial charge in [0.15, 0.2) is 5.75 Å². The lowest BCUT2D eigenvalue weighted by Gasteiger charge is -2.30. The number of amides is 1. The summed E-state index contributed by atoms with van der Waals surface area (Å²) in [5, 5.41) is 7.12. The lowest BCUT2D eigenvalue weighted by atomic mass is 9.98. The van der Waals surface area contributed by atoms with Gasteiger partial charge in [0.2, 0.25) is 0 Å². The van der Waals surface area contributed by atoms with E-state index in [2.05, 4.69) is 15.3 Å². The highest BCUT2D eigenvalue weighted by Crippen LogP contribution is 2.40. The molecule has 29 heavy (non-hydrogen) atoms. The molecule has 0 saturated heterocycles. The maximum atomic E-state index is 13.1. The average molecular weight is 392 g/mol. The Morgan fingerprint density at radius 1 is 1.28 bits per heavy atom. The van der Waals surface area contributed by atoms with Crippen LogP contribution in [0.5, 0.6) is 11.5 Å². The van der Waals surface area contributed by atoms with Gasteiger partial charge in [0.1, 0.15) is 12.4 Å². The fourth-order valence-electron chi connectivity index (χ4n) is 3.50. The van der Waals surface area contributed by atoms with E-state index in [4.69, 9.17) is 9.47 Å². The van der Waals surface area contributed by atoms with Crippen molar-refractivity contribution in [2.24, 2.45) is 7.05 Å². The number of nitrogens with zero attached hydrogens (tertiary/aromatic N) is 3. The predicted molar refractivity (Wildman–Crippen MR) is 112 cm³/mol. The first-order chi connectivity index (χ1) is 14.1. The molecule has 0 fully saturated rings. The molecule has 0 unspecified atom stereocenters. The van der Waals surface area contributed by atoms with E-state index in [1.54, 1.807) is 18.0 Å². The fraction of sp³-hybridized carbons (Fsp3) is 0.273. The number of carbonyl (C=O) groups excluding carboxylic acids is 1. The quantitative estimate of drug-likeness (QED) is 0.723. The Morgan fingerprint density at radius 2 is 2.10 bits per heavy atom. The summed E-state index contributed by atoms with van der Waals surface area (Å²) in [6.45, 7) is 1.70. The summed E-state index contributed by atoms with van der Waals surface area (Å²) >= 11 is 0. The van der Waals surface area contributed by atoms with Crippen LogP contribution in [0.25, 0.3) is 11.1 Å². The number of anilines is 1. The molecular formula is C22H24N4O3. The number of fused-ring (bicyclic) bond motifs is 1. The lowest BCUT2D eigenvalue weighted by Crippen LogP contribution is -2.31. The van der Waals surface area contributed by atoms with E-state index in [0.717, 1.165) is 34.7 Å². The number of carbonyl (C=O) groups is 1. The van der Waals surface area contributed by atoms with E-state index >= 15 is 0 Å². The molecule has 0 spiro atoms. The van der Waals surface area contributed by atoms with Gasteiger partial charge >= 0.3 is 0 Å². The number of aromatic nitrogens is 2. The highest BCUT2D eigenvalue weighted by atomic mass is 16.5. The number of ether oxygens (including phenoxy) is 2. The second-order valence-electron chi connectivity index (χ2n) is 7.05. The van der Waals surface area contributed by atoms with Crippen LogP contribution in [0.2, 0.25) is 0 Å². The minimum atomic E-state index is -0.183. The minimum absolute atomic E-state index is 0.183. The predicted octanol–water partition coefficient (Wildman–Crippen LogP) is 2.85. The Hall–Kier alpha value is -3.48. The van der Waals surface area contributed by atoms with Crippen molar-refractivity contribution in [3.05, 3.63) is 59.9 Å². The van der Waals surface area contributed by atoms with E-state index in [9.17, 15) is 4.79 Å². The molecule has 0 atom stereocenters. The Labute approximate surface area is 169 Å². The molecule has 2 aromatic carbocycles. The van der Waals surface area contributed by atoms with Crippen molar-refractivity contribution in [2.75, 3.05) is 32.2 Å². The van der Waals surface area contributed by atoms with Crippen LogP contribution in [0.1, 0.15) is 15.9 Å². The standard InChI is InChI=1S/C22H24N4O3/c1-25-8-9-29-21-18(22(27)23-12-15-13-24-26(2)14-15)10-16(11-19(21)25)17-6-4-5-7-20(17)28-3/h4-7,10-11,13-14H,8-9,12H2,1-3H3,(H,23,27). The molecule has 0 saturated carbocycles. The van der Waals surface area contributed by atoms with Crippen molar-refractivity contribution in [1.29, 1.82) is 0 Å². The number of benzene rings is 2. The summed E-state index contributed by atoms with van der Waals surface area (Å²) in [4.78, 5) is 15.2. The van der Waals surface area contributed by atoms with Gasteiger partial charge in [0.25, 0.3) is 5.91 Å². The van der Waals surface area contributed by atoms with Crippen LogP contribution >= 0.6 is 0 Å². The van der Waals surface area contributed by atoms with Gasteiger partial charge in [-0.3, -0.25) is 9.48 Å². The molecule has 150 valence electrons. The Balaban J connectivity index is 1.73. The van der Waals surface area contributed by atoms with Gasteiger partial charge in [-0.15, -0.1) is 0 Å². The monoisotopic (exact) mass is 392 g/mol. The van der Waals surface area contributed by atoms with Gasteiger partial charge in [0, 0.05) is 38.0 Å². The first-order valence-electron chi connectivity index (χ1n) is 9.48. The molecule has 7 heteroatoms. The topological polar surface area (TPSA) is 68.6 Å². The molecule has 1 amide bonds. The van der Waals surface area contributed by atoms with Crippen molar-refractivity contribution < 1.29 is 14.3 Å². The Kier molecular flexibility index (Phi) is 5.12. The maximum Gasteiger partial charge on any atom is 0.255 e. The molecule has 0 bridgehead atoms. The summed E-state index contributed by atoms with van der Waals surface area (Å²) in [6.07, 6.45) is 3.62. The summed E-state index contributed by atoms with van der Waals surface area (Å²) in [5.74, 6) is 1.19. The van der Waals surface area contributed by atoms with E-state index in [1.165, 1.54) is 0 Å². The molecule has 2 heterocycles. The van der Waals surface area contributed by atoms with Gasteiger partial charge in [-0.25, -0.2) is 0 Å². The third-order valence-corrected chi connectivity index (χ3v) is 5.03. The van der Waals surface area contributed by atoms with Crippen LogP contribution < -0.4 is 19.7 Å². The largest absolute Gasteiger partial charge is 0.496 e. The van der Waals surface area contributed by atoms with Crippen LogP contribution in [-0.4, -0.2) is 43.0 Å². The second-order valence-corrected chi connectivity index (χ2v) is 7.05. The SMILES string of the molecule is COc1ccccc1-c1cc(C(=O)NCc2cnn(C)c2)c2c(c1)N(C)CCO2. The van der Waals surface area contributed by atoms with Crippen molar-refractivity contribution in [3.63, 3.8) is 0 Å². The van der Waals surface area contributed by atoms with Crippen LogP contribution in [0.4, 0.5) is 5.69 Å². The van der Waals surface area contributed by atoms with E-state index in [-0.39, 0.29) is 5.91 Å². The summed E-state index contributed by atoms with van der Waals surface area (Å²) < 4.78 is 13.1. The molecule has 7 nitrogen and oxygen atoms in total. The highest BCUT2D eigenvalue weighted by Gasteiger charge is 2.24. The van der Waals surface area contributed by atoms with Crippen LogP contribution in [-0.2, 0) is 13.6 Å². The van der Waals surface area contributed by atoms with Crippen LogP contribution in [0.15, 0.2) is 48.8 Å². The molecule has 4 rings (SSSR count). The van der Waals surface area contributed by atoms with E-state index in [1.807, 2.05) is 56.7 Å². The normalized spacial score (nSPS) is 12.9. The zero-order valence-corrected chi connectivity index (χ0v) is 16.8. The molecule has 1 aliphatic heterocycles. The summed E-state index contributed by atoms with van der Waals surface area (Å²) in [6, 6.07) is 11.7. The third-order valence-electron chi connectivity index (χ3n) is 5.03. The van der Waals surface area contributed by atoms with Crippen LogP contribution in [0.3, 0.4) is 0 Å². The maximum absolute atomic E-state index is 13.1. The number of rotatable bonds is 5. The lowest BCUT2D eigenvalue weighted by molar-refractivity contribution is 0.0946. The Morgan fingerprint density at radius 3 is 2.86 bits per heavy atom. The number of hydrogen-bond acceptors (Lipinski definition) is 5. The zero-order chi connectivity index (χ0) is 20.4. The first-order valence-corrected chi connectivity index (χ1v) is 9.48. The van der Waals surface area contributed by atoms with E-state index in [0.29, 0.717) is 24.5 Å². The van der Waals surface area contributed by atoms with Crippen LogP contribution in [0, 0.1) is 0 Å². The van der Waals surface area contributed by atoms with Crippen molar-refractivity contribution >= 4 is 11.6 Å². The molecule has 0 aliphatic carbocycles. The average Bonchev–Trinajstić information content (AvgIpc) is 3.17. The molecule has 1 aromatic heterocycles. The van der Waals surface area contributed by atoms with Gasteiger partial charge in [0.05, 0.1) is 31.1 Å². The second kappa shape index (κ2) is 7.87. The summed E-state index contributed by atoms with van der Waals surface area (Å²) in [7, 11) is 5.50. The number of nitrogens with one attached hydrogen (secondary N) is 1. The number of hydrogen-bond donors (Lipinski definition) is 1. The molecular weight excluding hydrogens is 368 g/mol. The minimum Gasteiger partial charge on any atom is -0.496 e. The number of methoxy groups -OCH3 is 1. The number of aryl methyl sites for hydroxylation is 1. The van der Waals surface area contributed by atoms with Gasteiger partial charge < -0.3 is 19.7 Å². The van der Waals surface area contributed by atoms with Crippen molar-refractivity contribution in [3.8, 4) is 22.6 Å². The summed E-state index contributed by atoms with van der Waals surface area (Å²) in [5.41, 5.74) is 4.18. The third kappa shape index (κ3) is 3.76. The molecule has 0 radical (unpaired) electrons. The fourth-order valence-corrected chi connectivity index (χ4v) is 3.50. The van der Waals surface area contributed by atoms with Gasteiger partial charge in [-0.05, 0) is 23.8 Å². The molecule has 3 aromatic rings. The van der Waals surface area contributed by atoms with Gasteiger partial charge in [-0.1, -0.05) is 18.2 Å². The smallest absolute Gasteiger partial charge is 0.255 e. The molecule has 1 N–H and O–H groups in total. The van der Waals surface area contributed by atoms with E-state index < -0.39 is 0 Å². The number of para-hydroxylation sites is 1. The van der Waals surface area contributed by atoms with Crippen molar-refractivity contribution in [1.82, 2.24) is 15.1 Å². The van der Waals surface area contributed by atoms with Crippen molar-refractivity contribution in [2.45, 2.75) is 6.54 Å².